The monoisotopic (exact) mass is 510 g/mol. The first-order chi connectivity index (χ1) is 17.8. The van der Waals surface area contributed by atoms with Crippen LogP contribution in [0, 0.1) is 5.92 Å². The number of benzene rings is 1. The average Bonchev–Trinajstić information content (AvgIpc) is 3.33. The van der Waals surface area contributed by atoms with Crippen molar-refractivity contribution in [3.05, 3.63) is 46.7 Å². The molecule has 0 aromatic heterocycles. The van der Waals surface area contributed by atoms with Crippen LogP contribution in [0.3, 0.4) is 0 Å². The maximum absolute atomic E-state index is 13.3. The molecule has 2 aliphatic heterocycles. The van der Waals surface area contributed by atoms with Crippen molar-refractivity contribution in [2.24, 2.45) is 5.92 Å². The number of esters is 1. The topological polar surface area (TPSA) is 82.2 Å². The van der Waals surface area contributed by atoms with Crippen LogP contribution in [0.1, 0.15) is 76.0 Å². The van der Waals surface area contributed by atoms with Crippen molar-refractivity contribution in [2.45, 2.75) is 64.8 Å². The Hall–Kier alpha value is -2.87. The van der Waals surface area contributed by atoms with Crippen LogP contribution in [-0.2, 0) is 14.3 Å². The number of carbonyl (C=O) groups is 3. The zero-order chi connectivity index (χ0) is 26.5. The molecule has 2 heterocycles. The van der Waals surface area contributed by atoms with Gasteiger partial charge in [0.15, 0.2) is 0 Å². The summed E-state index contributed by atoms with van der Waals surface area (Å²) < 4.78 is 5.48. The Kier molecular flexibility index (Phi) is 8.90. The van der Waals surface area contributed by atoms with Crippen molar-refractivity contribution in [3.63, 3.8) is 0 Å². The molecule has 37 heavy (non-hydrogen) atoms. The van der Waals surface area contributed by atoms with E-state index in [2.05, 4.69) is 36.2 Å². The number of likely N-dealkylation sites (N-methyl/N-ethyl adjacent to an activating group) is 1. The summed E-state index contributed by atoms with van der Waals surface area (Å²) in [5, 5.41) is 3.01. The minimum absolute atomic E-state index is 0.181. The van der Waals surface area contributed by atoms with Crippen LogP contribution in [0.5, 0.6) is 0 Å². The molecule has 8 heteroatoms. The van der Waals surface area contributed by atoms with E-state index in [1.807, 2.05) is 17.0 Å². The van der Waals surface area contributed by atoms with Crippen LogP contribution in [0.25, 0.3) is 0 Å². The first-order valence-electron chi connectivity index (χ1n) is 13.9. The fourth-order valence-corrected chi connectivity index (χ4v) is 5.71. The summed E-state index contributed by atoms with van der Waals surface area (Å²) in [6.45, 7) is 9.72. The Balaban J connectivity index is 1.58. The molecule has 1 N–H and O–H groups in total. The highest BCUT2D eigenvalue weighted by Gasteiger charge is 2.38. The van der Waals surface area contributed by atoms with Crippen molar-refractivity contribution in [3.8, 4) is 0 Å². The molecule has 3 aliphatic rings. The van der Waals surface area contributed by atoms with E-state index in [-0.39, 0.29) is 18.6 Å². The van der Waals surface area contributed by atoms with E-state index in [4.69, 9.17) is 4.74 Å². The third-order valence-electron chi connectivity index (χ3n) is 7.99. The van der Waals surface area contributed by atoms with Crippen molar-refractivity contribution >= 4 is 17.9 Å². The normalized spacial score (nSPS) is 21.9. The van der Waals surface area contributed by atoms with Crippen LogP contribution in [0.2, 0.25) is 0 Å². The van der Waals surface area contributed by atoms with Gasteiger partial charge in [0.1, 0.15) is 0 Å². The van der Waals surface area contributed by atoms with Gasteiger partial charge in [-0.15, -0.1) is 0 Å². The van der Waals surface area contributed by atoms with Gasteiger partial charge < -0.3 is 15.0 Å². The maximum atomic E-state index is 13.3. The highest BCUT2D eigenvalue weighted by molar-refractivity contribution is 5.95. The number of rotatable bonds is 7. The van der Waals surface area contributed by atoms with E-state index in [1.165, 1.54) is 10.5 Å². The van der Waals surface area contributed by atoms with E-state index in [0.29, 0.717) is 42.7 Å². The summed E-state index contributed by atoms with van der Waals surface area (Å²) in [6, 6.07) is 7.26. The maximum Gasteiger partial charge on any atom is 0.338 e. The van der Waals surface area contributed by atoms with E-state index in [1.54, 1.807) is 14.0 Å². The fraction of sp³-hybridized carbons (Fsp3) is 0.621. The number of carbonyl (C=O) groups excluding carboxylic acids is 3. The van der Waals surface area contributed by atoms with Gasteiger partial charge in [0.05, 0.1) is 18.2 Å². The van der Waals surface area contributed by atoms with Gasteiger partial charge in [0.2, 0.25) is 5.91 Å². The summed E-state index contributed by atoms with van der Waals surface area (Å²) in [4.78, 5) is 45.1. The molecule has 0 bridgehead atoms. The molecular formula is C29H42N4O4. The molecule has 1 aliphatic carbocycles. The lowest BCUT2D eigenvalue weighted by atomic mass is 9.92. The number of urea groups is 1. The van der Waals surface area contributed by atoms with Crippen LogP contribution in [0.15, 0.2) is 35.5 Å². The van der Waals surface area contributed by atoms with Gasteiger partial charge in [-0.1, -0.05) is 51.0 Å². The Morgan fingerprint density at radius 3 is 2.38 bits per heavy atom. The van der Waals surface area contributed by atoms with Crippen molar-refractivity contribution in [1.82, 2.24) is 20.0 Å². The third kappa shape index (κ3) is 6.17. The summed E-state index contributed by atoms with van der Waals surface area (Å²) in [6.07, 6.45) is 5.19. The summed E-state index contributed by atoms with van der Waals surface area (Å²) in [5.74, 6) is 0.459. The smallest absolute Gasteiger partial charge is 0.338 e. The Labute approximate surface area is 221 Å². The minimum Gasteiger partial charge on any atom is -0.463 e. The quantitative estimate of drug-likeness (QED) is 0.560. The summed E-state index contributed by atoms with van der Waals surface area (Å²) in [7, 11) is 1.70. The van der Waals surface area contributed by atoms with Crippen molar-refractivity contribution in [1.29, 1.82) is 0 Å². The second kappa shape index (κ2) is 12.1. The number of hydrogen-bond acceptors (Lipinski definition) is 5. The molecular weight excluding hydrogens is 468 g/mol. The number of hydrogen-bond donors (Lipinski definition) is 1. The molecule has 0 radical (unpaired) electrons. The average molecular weight is 511 g/mol. The highest BCUT2D eigenvalue weighted by Crippen LogP contribution is 2.32. The van der Waals surface area contributed by atoms with Gasteiger partial charge in [-0.25, -0.2) is 9.59 Å². The van der Waals surface area contributed by atoms with Crippen LogP contribution in [-0.4, -0.2) is 79.0 Å². The molecule has 1 saturated heterocycles. The number of amides is 3. The largest absolute Gasteiger partial charge is 0.463 e. The van der Waals surface area contributed by atoms with Gasteiger partial charge in [-0.2, -0.15) is 0 Å². The van der Waals surface area contributed by atoms with Gasteiger partial charge in [-0.05, 0) is 43.2 Å². The lowest BCUT2D eigenvalue weighted by Crippen LogP contribution is -2.49. The van der Waals surface area contributed by atoms with Crippen LogP contribution < -0.4 is 5.32 Å². The minimum atomic E-state index is -0.577. The van der Waals surface area contributed by atoms with E-state index >= 15 is 0 Å². The third-order valence-corrected chi connectivity index (χ3v) is 7.99. The van der Waals surface area contributed by atoms with E-state index in [9.17, 15) is 14.4 Å². The standard InChI is InChI=1S/C29H42N4O4/c1-5-37-28(35)25-24(19-32-15-8-16-33(18-17-32)27(34)23-9-6-7-10-23)31(4)29(36)30-26(25)22-13-11-21(12-14-22)20(2)3/h11-14,20,23,26H,5-10,15-19H2,1-4H3,(H,30,36). The molecule has 0 spiro atoms. The van der Waals surface area contributed by atoms with Crippen molar-refractivity contribution in [2.75, 3.05) is 46.4 Å². The number of ether oxygens (including phenoxy) is 1. The molecule has 1 aromatic rings. The number of nitrogens with zero attached hydrogens (tertiary/aromatic N) is 3. The van der Waals surface area contributed by atoms with Gasteiger partial charge in [0, 0.05) is 51.4 Å². The number of nitrogens with one attached hydrogen (secondary N) is 1. The Morgan fingerprint density at radius 1 is 1.03 bits per heavy atom. The van der Waals surface area contributed by atoms with Gasteiger partial charge in [0.25, 0.3) is 0 Å². The molecule has 3 amide bonds. The molecule has 1 saturated carbocycles. The first kappa shape index (κ1) is 27.2. The lowest BCUT2D eigenvalue weighted by Gasteiger charge is -2.36. The molecule has 1 atom stereocenters. The predicted molar refractivity (Wildman–Crippen MR) is 143 cm³/mol. The summed E-state index contributed by atoms with van der Waals surface area (Å²) >= 11 is 0. The zero-order valence-electron chi connectivity index (χ0n) is 22.8. The molecule has 2 fully saturated rings. The molecule has 4 rings (SSSR count). The SMILES string of the molecule is CCOC(=O)C1=C(CN2CCCN(C(=O)C3CCCC3)CC2)N(C)C(=O)NC1c1ccc(C(C)C)cc1. The summed E-state index contributed by atoms with van der Waals surface area (Å²) in [5.41, 5.74) is 3.20. The van der Waals surface area contributed by atoms with Crippen molar-refractivity contribution < 1.29 is 19.1 Å². The van der Waals surface area contributed by atoms with Gasteiger partial charge >= 0.3 is 12.0 Å². The molecule has 202 valence electrons. The first-order valence-corrected chi connectivity index (χ1v) is 13.9. The second-order valence-corrected chi connectivity index (χ2v) is 10.8. The Morgan fingerprint density at radius 2 is 1.73 bits per heavy atom. The fourth-order valence-electron chi connectivity index (χ4n) is 5.71. The second-order valence-electron chi connectivity index (χ2n) is 10.8. The van der Waals surface area contributed by atoms with E-state index in [0.717, 1.165) is 50.8 Å². The predicted octanol–water partition coefficient (Wildman–Crippen LogP) is 4.05. The molecule has 1 aromatic carbocycles. The molecule has 8 nitrogen and oxygen atoms in total. The zero-order valence-corrected chi connectivity index (χ0v) is 22.8. The van der Waals surface area contributed by atoms with Crippen LogP contribution >= 0.6 is 0 Å². The van der Waals surface area contributed by atoms with Crippen LogP contribution in [0.4, 0.5) is 4.79 Å². The van der Waals surface area contributed by atoms with E-state index < -0.39 is 12.0 Å². The lowest BCUT2D eigenvalue weighted by molar-refractivity contribution is -0.139. The highest BCUT2D eigenvalue weighted by atomic mass is 16.5. The Bertz CT molecular complexity index is 1010. The molecule has 1 unspecified atom stereocenters. The van der Waals surface area contributed by atoms with Gasteiger partial charge in [-0.3, -0.25) is 14.6 Å².